The molecule has 1 N–H and O–H groups in total. The zero-order valence-electron chi connectivity index (χ0n) is 17.4. The second kappa shape index (κ2) is 8.84. The maximum atomic E-state index is 12.8. The zero-order chi connectivity index (χ0) is 20.3. The molecule has 4 nitrogen and oxygen atoms in total. The van der Waals surface area contributed by atoms with Gasteiger partial charge in [0.1, 0.15) is 11.6 Å². The number of hydrogen-bond acceptors (Lipinski definition) is 3. The molecule has 1 amide bonds. The molecule has 0 aliphatic carbocycles. The Balaban J connectivity index is 1.59. The van der Waals surface area contributed by atoms with E-state index in [1.807, 2.05) is 30.1 Å². The van der Waals surface area contributed by atoms with Crippen LogP contribution in [0.4, 0.5) is 0 Å². The maximum absolute atomic E-state index is 12.8. The number of thiazole rings is 1. The first-order valence-electron chi connectivity index (χ1n) is 9.86. The quantitative estimate of drug-likeness (QED) is 0.662. The minimum Gasteiger partial charge on any atom is -0.332 e. The van der Waals surface area contributed by atoms with Crippen molar-refractivity contribution in [2.75, 3.05) is 20.6 Å². The molecule has 0 aliphatic heterocycles. The van der Waals surface area contributed by atoms with Crippen molar-refractivity contribution >= 4 is 27.5 Å². The highest BCUT2D eigenvalue weighted by Gasteiger charge is 2.23. The Kier molecular flexibility index (Phi) is 6.47. The number of likely N-dealkylation sites (N-methyl/N-ethyl adjacent to an activating group) is 2. The lowest BCUT2D eigenvalue weighted by Gasteiger charge is -2.24. The van der Waals surface area contributed by atoms with Crippen LogP contribution in [0.5, 0.6) is 0 Å². The molecule has 1 aromatic heterocycles. The predicted octanol–water partition coefficient (Wildman–Crippen LogP) is 3.65. The zero-order valence-corrected chi connectivity index (χ0v) is 18.2. The lowest BCUT2D eigenvalue weighted by Crippen LogP contribution is -3.08. The molecule has 2 atom stereocenters. The highest BCUT2D eigenvalue weighted by molar-refractivity contribution is 7.18. The first-order valence-corrected chi connectivity index (χ1v) is 10.7. The Morgan fingerprint density at radius 1 is 1.11 bits per heavy atom. The molecule has 0 bridgehead atoms. The summed E-state index contributed by atoms with van der Waals surface area (Å²) in [5.41, 5.74) is 3.61. The van der Waals surface area contributed by atoms with Crippen molar-refractivity contribution in [1.29, 1.82) is 0 Å². The van der Waals surface area contributed by atoms with E-state index in [9.17, 15) is 4.79 Å². The molecule has 3 aromatic rings. The molecular weight excluding hydrogens is 366 g/mol. The highest BCUT2D eigenvalue weighted by atomic mass is 32.1. The van der Waals surface area contributed by atoms with Gasteiger partial charge >= 0.3 is 0 Å². The second-order valence-corrected chi connectivity index (χ2v) is 8.97. The van der Waals surface area contributed by atoms with Crippen LogP contribution in [0.3, 0.4) is 0 Å². The summed E-state index contributed by atoms with van der Waals surface area (Å²) in [6.45, 7) is 7.77. The summed E-state index contributed by atoms with van der Waals surface area (Å²) >= 11 is 1.66. The smallest absolute Gasteiger partial charge is 0.278 e. The summed E-state index contributed by atoms with van der Waals surface area (Å²) in [6, 6.07) is 16.8. The number of hydrogen-bond donors (Lipinski definition) is 1. The van der Waals surface area contributed by atoms with E-state index >= 15 is 0 Å². The van der Waals surface area contributed by atoms with Gasteiger partial charge in [0.2, 0.25) is 0 Å². The van der Waals surface area contributed by atoms with Crippen LogP contribution < -0.4 is 4.90 Å². The van der Waals surface area contributed by atoms with Crippen LogP contribution in [0, 0.1) is 0 Å². The van der Waals surface area contributed by atoms with Crippen LogP contribution in [0.1, 0.15) is 48.9 Å². The van der Waals surface area contributed by atoms with Crippen LogP contribution in [-0.2, 0) is 11.3 Å². The van der Waals surface area contributed by atoms with Crippen molar-refractivity contribution in [1.82, 2.24) is 9.88 Å². The summed E-state index contributed by atoms with van der Waals surface area (Å²) in [7, 11) is 3.95. The Morgan fingerprint density at radius 3 is 2.43 bits per heavy atom. The predicted molar refractivity (Wildman–Crippen MR) is 117 cm³/mol. The van der Waals surface area contributed by atoms with Crippen LogP contribution in [0.15, 0.2) is 48.5 Å². The van der Waals surface area contributed by atoms with E-state index in [0.29, 0.717) is 12.5 Å². The third kappa shape index (κ3) is 4.78. The molecule has 0 radical (unpaired) electrons. The highest BCUT2D eigenvalue weighted by Crippen LogP contribution is 2.28. The molecule has 148 valence electrons. The van der Waals surface area contributed by atoms with E-state index < -0.39 is 0 Å². The first kappa shape index (κ1) is 20.5. The van der Waals surface area contributed by atoms with E-state index in [4.69, 9.17) is 4.98 Å². The fourth-order valence-corrected chi connectivity index (χ4v) is 4.33. The van der Waals surface area contributed by atoms with Gasteiger partial charge in [-0.2, -0.15) is 0 Å². The van der Waals surface area contributed by atoms with Crippen LogP contribution >= 0.6 is 11.3 Å². The largest absolute Gasteiger partial charge is 0.332 e. The van der Waals surface area contributed by atoms with E-state index in [-0.39, 0.29) is 11.9 Å². The molecular formula is C23H30N3OS+. The van der Waals surface area contributed by atoms with Crippen molar-refractivity contribution in [3.8, 4) is 0 Å². The molecule has 0 saturated heterocycles. The number of fused-ring (bicyclic) bond motifs is 1. The minimum absolute atomic E-state index is 0.0250. The van der Waals surface area contributed by atoms with E-state index in [1.165, 1.54) is 16.0 Å². The van der Waals surface area contributed by atoms with Crippen LogP contribution in [-0.4, -0.2) is 36.4 Å². The summed E-state index contributed by atoms with van der Waals surface area (Å²) < 4.78 is 1.16. The summed E-state index contributed by atoms with van der Waals surface area (Å²) in [4.78, 5) is 20.5. The van der Waals surface area contributed by atoms with E-state index in [2.05, 4.69) is 58.2 Å². The number of rotatable bonds is 7. The van der Waals surface area contributed by atoms with Gasteiger partial charge in [0.25, 0.3) is 5.91 Å². The van der Waals surface area contributed by atoms with E-state index in [1.54, 1.807) is 11.3 Å². The monoisotopic (exact) mass is 396 g/mol. The molecule has 0 saturated carbocycles. The third-order valence-corrected chi connectivity index (χ3v) is 6.45. The SMILES string of the molecule is CC(C)c1ccc(C[NH+](C)CC(=O)N(C)[C@H](C)c2nc3ccccc3s2)cc1. The van der Waals surface area contributed by atoms with Gasteiger partial charge in [-0.15, -0.1) is 11.3 Å². The molecule has 28 heavy (non-hydrogen) atoms. The molecule has 5 heteroatoms. The Hall–Kier alpha value is -2.24. The summed E-state index contributed by atoms with van der Waals surface area (Å²) in [6.07, 6.45) is 0. The first-order chi connectivity index (χ1) is 13.3. The molecule has 0 spiro atoms. The maximum Gasteiger partial charge on any atom is 0.278 e. The number of para-hydroxylation sites is 1. The van der Waals surface area contributed by atoms with Gasteiger partial charge in [-0.1, -0.05) is 50.2 Å². The molecule has 3 rings (SSSR count). The molecule has 1 unspecified atom stereocenters. The number of nitrogens with one attached hydrogen (secondary N) is 1. The third-order valence-electron chi connectivity index (χ3n) is 5.25. The normalized spacial score (nSPS) is 13.6. The topological polar surface area (TPSA) is 37.6 Å². The number of carbonyl (C=O) groups is 1. The van der Waals surface area contributed by atoms with Crippen molar-refractivity contribution < 1.29 is 9.69 Å². The lowest BCUT2D eigenvalue weighted by atomic mass is 10.0. The standard InChI is InChI=1S/C23H29N3OS/c1-16(2)19-12-10-18(11-13-19)14-25(4)15-22(27)26(5)17(3)23-24-20-8-6-7-9-21(20)28-23/h6-13,16-17H,14-15H2,1-5H3/p+1/t17-/m1/s1. The Morgan fingerprint density at radius 2 is 1.79 bits per heavy atom. The molecule has 2 aromatic carbocycles. The number of quaternary nitrogens is 1. The average Bonchev–Trinajstić information content (AvgIpc) is 3.11. The fraction of sp³-hybridized carbons (Fsp3) is 0.391. The number of carbonyl (C=O) groups excluding carboxylic acids is 1. The Bertz CT molecular complexity index is 899. The number of benzene rings is 2. The fourth-order valence-electron chi connectivity index (χ4n) is 3.26. The molecule has 0 fully saturated rings. The Labute approximate surface area is 171 Å². The average molecular weight is 397 g/mol. The van der Waals surface area contributed by atoms with E-state index in [0.717, 1.165) is 21.8 Å². The number of aromatic nitrogens is 1. The number of nitrogens with zero attached hydrogens (tertiary/aromatic N) is 2. The number of amides is 1. The lowest BCUT2D eigenvalue weighted by molar-refractivity contribution is -0.885. The van der Waals surface area contributed by atoms with Crippen molar-refractivity contribution in [2.45, 2.75) is 39.3 Å². The van der Waals surface area contributed by atoms with Gasteiger partial charge in [-0.3, -0.25) is 4.79 Å². The second-order valence-electron chi connectivity index (χ2n) is 7.91. The molecule has 0 aliphatic rings. The minimum atomic E-state index is -0.0250. The summed E-state index contributed by atoms with van der Waals surface area (Å²) in [5, 5.41) is 0.985. The van der Waals surface area contributed by atoms with Crippen LogP contribution in [0.25, 0.3) is 10.2 Å². The van der Waals surface area contributed by atoms with Gasteiger partial charge in [-0.05, 0) is 30.5 Å². The van der Waals surface area contributed by atoms with Crippen LogP contribution in [0.2, 0.25) is 0 Å². The van der Waals surface area contributed by atoms with Gasteiger partial charge in [0.15, 0.2) is 6.54 Å². The summed E-state index contributed by atoms with van der Waals surface area (Å²) in [5.74, 6) is 0.682. The molecule has 1 heterocycles. The van der Waals surface area contributed by atoms with Crippen molar-refractivity contribution in [3.63, 3.8) is 0 Å². The van der Waals surface area contributed by atoms with Gasteiger partial charge in [0.05, 0.1) is 23.3 Å². The van der Waals surface area contributed by atoms with Crippen molar-refractivity contribution in [2.24, 2.45) is 0 Å². The van der Waals surface area contributed by atoms with Gasteiger partial charge in [0, 0.05) is 12.6 Å². The van der Waals surface area contributed by atoms with Crippen molar-refractivity contribution in [3.05, 3.63) is 64.7 Å². The van der Waals surface area contributed by atoms with Gasteiger partial charge < -0.3 is 9.80 Å². The van der Waals surface area contributed by atoms with Gasteiger partial charge in [-0.25, -0.2) is 4.98 Å².